The van der Waals surface area contributed by atoms with Gasteiger partial charge in [-0.2, -0.15) is 0 Å². The van der Waals surface area contributed by atoms with Crippen LogP contribution in [0.5, 0.6) is 11.5 Å². The van der Waals surface area contributed by atoms with E-state index in [1.54, 1.807) is 6.07 Å². The zero-order valence-electron chi connectivity index (χ0n) is 12.1. The van der Waals surface area contributed by atoms with E-state index in [9.17, 15) is 5.11 Å². The zero-order valence-corrected chi connectivity index (χ0v) is 12.1. The maximum atomic E-state index is 9.73. The van der Waals surface area contributed by atoms with Crippen molar-refractivity contribution in [2.75, 3.05) is 13.2 Å². The van der Waals surface area contributed by atoms with Crippen molar-refractivity contribution in [2.45, 2.75) is 52.1 Å². The van der Waals surface area contributed by atoms with E-state index in [1.165, 1.54) is 37.8 Å². The molecule has 0 saturated carbocycles. The second-order valence-electron chi connectivity index (χ2n) is 5.40. The van der Waals surface area contributed by atoms with E-state index in [-0.39, 0.29) is 5.75 Å². The molecule has 0 bridgehead atoms. The lowest BCUT2D eigenvalue weighted by Gasteiger charge is -2.27. The Bertz CT molecular complexity index is 406. The number of aromatic hydroxyl groups is 1. The monoisotopic (exact) mass is 263 g/mol. The predicted octanol–water partition coefficient (Wildman–Crippen LogP) is 3.56. The van der Waals surface area contributed by atoms with Gasteiger partial charge in [0.15, 0.2) is 11.5 Å². The molecule has 1 fully saturated rings. The minimum atomic E-state index is 0.231. The van der Waals surface area contributed by atoms with E-state index in [0.29, 0.717) is 18.4 Å². The number of likely N-dealkylation sites (tertiary alicyclic amines) is 1. The average molecular weight is 263 g/mol. The highest BCUT2D eigenvalue weighted by molar-refractivity contribution is 5.41. The summed E-state index contributed by atoms with van der Waals surface area (Å²) in [7, 11) is 0. The molecule has 2 rings (SSSR count). The standard InChI is InChI=1S/C16H25NO2/c1-3-19-16-11-14(8-9-15(16)18)12-17-10-6-4-5-7-13(17)2/h8-9,11,13,18H,3-7,10,12H2,1-2H3. The third-order valence-corrected chi connectivity index (χ3v) is 3.90. The maximum absolute atomic E-state index is 9.73. The number of rotatable bonds is 4. The molecule has 106 valence electrons. The van der Waals surface area contributed by atoms with Crippen LogP contribution in [-0.4, -0.2) is 29.2 Å². The summed E-state index contributed by atoms with van der Waals surface area (Å²) in [5.74, 6) is 0.831. The Morgan fingerprint density at radius 3 is 2.95 bits per heavy atom. The molecule has 1 aliphatic rings. The Morgan fingerprint density at radius 1 is 1.32 bits per heavy atom. The van der Waals surface area contributed by atoms with Gasteiger partial charge in [0.1, 0.15) is 0 Å². The second-order valence-corrected chi connectivity index (χ2v) is 5.40. The van der Waals surface area contributed by atoms with Crippen LogP contribution in [0.2, 0.25) is 0 Å². The summed E-state index contributed by atoms with van der Waals surface area (Å²) >= 11 is 0. The molecule has 1 N–H and O–H groups in total. The van der Waals surface area contributed by atoms with Crippen LogP contribution in [0, 0.1) is 0 Å². The van der Waals surface area contributed by atoms with Crippen molar-refractivity contribution in [2.24, 2.45) is 0 Å². The molecule has 3 heteroatoms. The molecule has 1 saturated heterocycles. The molecule has 1 aliphatic heterocycles. The molecule has 1 unspecified atom stereocenters. The molecule has 0 aromatic heterocycles. The Kier molecular flexibility index (Phi) is 5.08. The van der Waals surface area contributed by atoms with Gasteiger partial charge in [-0.05, 0) is 50.9 Å². The predicted molar refractivity (Wildman–Crippen MR) is 77.6 cm³/mol. The fraction of sp³-hybridized carbons (Fsp3) is 0.625. The van der Waals surface area contributed by atoms with Crippen LogP contribution in [0.1, 0.15) is 45.1 Å². The number of phenolic OH excluding ortho intramolecular Hbond substituents is 1. The topological polar surface area (TPSA) is 32.7 Å². The molecule has 19 heavy (non-hydrogen) atoms. The largest absolute Gasteiger partial charge is 0.504 e. The first-order chi connectivity index (χ1) is 9.20. The van der Waals surface area contributed by atoms with Crippen LogP contribution in [0.15, 0.2) is 18.2 Å². The highest BCUT2D eigenvalue weighted by Crippen LogP contribution is 2.28. The van der Waals surface area contributed by atoms with Gasteiger partial charge in [-0.1, -0.05) is 18.9 Å². The van der Waals surface area contributed by atoms with Gasteiger partial charge in [-0.15, -0.1) is 0 Å². The molecule has 0 amide bonds. The van der Waals surface area contributed by atoms with Crippen LogP contribution in [0.4, 0.5) is 0 Å². The van der Waals surface area contributed by atoms with E-state index in [1.807, 2.05) is 19.1 Å². The smallest absolute Gasteiger partial charge is 0.161 e. The van der Waals surface area contributed by atoms with E-state index in [0.717, 1.165) is 6.54 Å². The van der Waals surface area contributed by atoms with Crippen molar-refractivity contribution < 1.29 is 9.84 Å². The molecule has 0 radical (unpaired) electrons. The minimum Gasteiger partial charge on any atom is -0.504 e. The fourth-order valence-electron chi connectivity index (χ4n) is 2.73. The van der Waals surface area contributed by atoms with Gasteiger partial charge in [0.25, 0.3) is 0 Å². The van der Waals surface area contributed by atoms with Crippen molar-refractivity contribution in [1.82, 2.24) is 4.90 Å². The van der Waals surface area contributed by atoms with Gasteiger partial charge in [0.2, 0.25) is 0 Å². The zero-order chi connectivity index (χ0) is 13.7. The molecule has 3 nitrogen and oxygen atoms in total. The van der Waals surface area contributed by atoms with Gasteiger partial charge >= 0.3 is 0 Å². The van der Waals surface area contributed by atoms with E-state index >= 15 is 0 Å². The van der Waals surface area contributed by atoms with Crippen LogP contribution < -0.4 is 4.74 Å². The summed E-state index contributed by atoms with van der Waals surface area (Å²) in [6, 6.07) is 6.35. The van der Waals surface area contributed by atoms with Crippen LogP contribution in [0.25, 0.3) is 0 Å². The number of nitrogens with zero attached hydrogens (tertiary/aromatic N) is 1. The maximum Gasteiger partial charge on any atom is 0.161 e. The highest BCUT2D eigenvalue weighted by atomic mass is 16.5. The molecule has 1 aromatic carbocycles. The Hall–Kier alpha value is -1.22. The van der Waals surface area contributed by atoms with E-state index in [4.69, 9.17) is 4.74 Å². The van der Waals surface area contributed by atoms with Gasteiger partial charge in [-0.25, -0.2) is 0 Å². The lowest BCUT2D eigenvalue weighted by Crippen LogP contribution is -2.31. The number of ether oxygens (including phenoxy) is 1. The van der Waals surface area contributed by atoms with Crippen LogP contribution >= 0.6 is 0 Å². The fourth-order valence-corrected chi connectivity index (χ4v) is 2.73. The third-order valence-electron chi connectivity index (χ3n) is 3.90. The summed E-state index contributed by atoms with van der Waals surface area (Å²) in [4.78, 5) is 2.54. The highest BCUT2D eigenvalue weighted by Gasteiger charge is 2.17. The van der Waals surface area contributed by atoms with Crippen molar-refractivity contribution in [1.29, 1.82) is 0 Å². The van der Waals surface area contributed by atoms with Crippen molar-refractivity contribution >= 4 is 0 Å². The van der Waals surface area contributed by atoms with Crippen molar-refractivity contribution in [3.8, 4) is 11.5 Å². The first kappa shape index (κ1) is 14.2. The SMILES string of the molecule is CCOc1cc(CN2CCCCCC2C)ccc1O. The van der Waals surface area contributed by atoms with Gasteiger partial charge in [0.05, 0.1) is 6.61 Å². The first-order valence-electron chi connectivity index (χ1n) is 7.39. The van der Waals surface area contributed by atoms with Crippen molar-refractivity contribution in [3.05, 3.63) is 23.8 Å². The summed E-state index contributed by atoms with van der Waals surface area (Å²) in [5, 5.41) is 9.73. The average Bonchev–Trinajstić information content (AvgIpc) is 2.59. The quantitative estimate of drug-likeness (QED) is 0.901. The van der Waals surface area contributed by atoms with E-state index < -0.39 is 0 Å². The van der Waals surface area contributed by atoms with Gasteiger partial charge in [0, 0.05) is 12.6 Å². The molecule has 1 aromatic rings. The molecule has 0 aliphatic carbocycles. The van der Waals surface area contributed by atoms with Gasteiger partial charge < -0.3 is 9.84 Å². The van der Waals surface area contributed by atoms with E-state index in [2.05, 4.69) is 11.8 Å². The minimum absolute atomic E-state index is 0.231. The summed E-state index contributed by atoms with van der Waals surface area (Å²) in [6.45, 7) is 6.95. The summed E-state index contributed by atoms with van der Waals surface area (Å²) < 4.78 is 5.45. The van der Waals surface area contributed by atoms with Crippen LogP contribution in [0.3, 0.4) is 0 Å². The lowest BCUT2D eigenvalue weighted by atomic mass is 10.1. The normalized spacial score (nSPS) is 21.1. The number of hydrogen-bond donors (Lipinski definition) is 1. The Labute approximate surface area is 116 Å². The molecular weight excluding hydrogens is 238 g/mol. The molecule has 0 spiro atoms. The van der Waals surface area contributed by atoms with Crippen LogP contribution in [-0.2, 0) is 6.54 Å². The summed E-state index contributed by atoms with van der Waals surface area (Å²) in [6.07, 6.45) is 5.27. The van der Waals surface area contributed by atoms with Gasteiger partial charge in [-0.3, -0.25) is 4.90 Å². The molecule has 1 atom stereocenters. The molecule has 1 heterocycles. The van der Waals surface area contributed by atoms with Crippen molar-refractivity contribution in [3.63, 3.8) is 0 Å². The Balaban J connectivity index is 2.07. The number of hydrogen-bond acceptors (Lipinski definition) is 3. The molecular formula is C16H25NO2. The number of benzene rings is 1. The summed E-state index contributed by atoms with van der Waals surface area (Å²) in [5.41, 5.74) is 1.22. The second kappa shape index (κ2) is 6.80. The number of phenols is 1. The third kappa shape index (κ3) is 3.87. The first-order valence-corrected chi connectivity index (χ1v) is 7.39. The lowest BCUT2D eigenvalue weighted by molar-refractivity contribution is 0.204. The Morgan fingerprint density at radius 2 is 2.16 bits per heavy atom.